The summed E-state index contributed by atoms with van der Waals surface area (Å²) in [7, 11) is 0. The van der Waals surface area contributed by atoms with Gasteiger partial charge in [-0.05, 0) is 31.2 Å². The molecule has 1 aliphatic heterocycles. The largest absolute Gasteiger partial charge is 0.507 e. The van der Waals surface area contributed by atoms with Gasteiger partial charge in [0.2, 0.25) is 5.43 Å². The number of rotatable bonds is 8. The molecule has 0 saturated carbocycles. The predicted molar refractivity (Wildman–Crippen MR) is 112 cm³/mol. The standard InChI is InChI=1S/C20H25N5O4/c21-7-2-8-23-13-6-5-12-15(11-22-9-10-26)25(29)24-14-3-1-4-16(27)18(14)20(28)17(13)19(12)24/h1,3-6,15,22-23,26-27,29H,2,7-11,21H2. The van der Waals surface area contributed by atoms with Crippen molar-refractivity contribution in [1.82, 2.24) is 9.99 Å². The zero-order valence-electron chi connectivity index (χ0n) is 15.9. The number of hydrogen-bond donors (Lipinski definition) is 6. The fourth-order valence-electron chi connectivity index (χ4n) is 3.98. The number of aliphatic hydroxyl groups is 1. The molecular formula is C20H25N5O4. The first kappa shape index (κ1) is 19.5. The molecule has 1 unspecified atom stereocenters. The van der Waals surface area contributed by atoms with Gasteiger partial charge in [0, 0.05) is 30.9 Å². The minimum Gasteiger partial charge on any atom is -0.507 e. The fraction of sp³-hybridized carbons (Fsp3) is 0.350. The molecule has 0 aliphatic carbocycles. The van der Waals surface area contributed by atoms with Crippen LogP contribution < -0.4 is 27.0 Å². The maximum absolute atomic E-state index is 13.4. The second-order valence-electron chi connectivity index (χ2n) is 7.07. The van der Waals surface area contributed by atoms with Crippen LogP contribution in [0.2, 0.25) is 0 Å². The van der Waals surface area contributed by atoms with E-state index >= 15 is 0 Å². The number of fused-ring (bicyclic) bond motifs is 2. The van der Waals surface area contributed by atoms with Crippen LogP contribution in [0.1, 0.15) is 18.0 Å². The Kier molecular flexibility index (Phi) is 5.29. The van der Waals surface area contributed by atoms with Crippen molar-refractivity contribution in [2.24, 2.45) is 5.73 Å². The minimum absolute atomic E-state index is 0.0147. The zero-order chi connectivity index (χ0) is 20.5. The molecule has 3 aromatic rings. The molecule has 2 heterocycles. The highest BCUT2D eigenvalue weighted by Crippen LogP contribution is 2.39. The van der Waals surface area contributed by atoms with Gasteiger partial charge in [-0.1, -0.05) is 12.1 Å². The predicted octanol–water partition coefficient (Wildman–Crippen LogP) is 0.585. The molecule has 0 saturated heterocycles. The van der Waals surface area contributed by atoms with E-state index in [0.29, 0.717) is 48.3 Å². The lowest BCUT2D eigenvalue weighted by atomic mass is 10.0. The van der Waals surface area contributed by atoms with E-state index < -0.39 is 6.04 Å². The van der Waals surface area contributed by atoms with E-state index in [1.54, 1.807) is 16.8 Å². The van der Waals surface area contributed by atoms with Gasteiger partial charge in [-0.25, -0.2) is 4.68 Å². The number of phenols is 1. The van der Waals surface area contributed by atoms with Gasteiger partial charge in [0.1, 0.15) is 11.8 Å². The summed E-state index contributed by atoms with van der Waals surface area (Å²) in [4.78, 5) is 13.4. The van der Waals surface area contributed by atoms with Gasteiger partial charge in [-0.2, -0.15) is 5.17 Å². The zero-order valence-corrected chi connectivity index (χ0v) is 15.9. The van der Waals surface area contributed by atoms with Gasteiger partial charge >= 0.3 is 0 Å². The number of pyridine rings is 1. The van der Waals surface area contributed by atoms with E-state index in [0.717, 1.165) is 17.2 Å². The molecule has 0 spiro atoms. The highest BCUT2D eigenvalue weighted by Gasteiger charge is 2.34. The Labute approximate surface area is 166 Å². The third kappa shape index (κ3) is 3.08. The Morgan fingerprint density at radius 3 is 2.72 bits per heavy atom. The number of aromatic nitrogens is 1. The SMILES string of the molecule is NCCCNc1ccc2c3c1c(=O)c1c(O)cccc1n3N(O)C2CNCCO. The number of phenolic OH excluding ortho intramolecular Hbond substituents is 1. The van der Waals surface area contributed by atoms with Crippen LogP contribution >= 0.6 is 0 Å². The lowest BCUT2D eigenvalue weighted by Crippen LogP contribution is -2.37. The first-order chi connectivity index (χ1) is 14.1. The number of hydrogen-bond acceptors (Lipinski definition) is 8. The van der Waals surface area contributed by atoms with Crippen LogP contribution in [0.25, 0.3) is 21.8 Å². The number of hydroxylamine groups is 1. The minimum atomic E-state index is -0.450. The highest BCUT2D eigenvalue weighted by molar-refractivity contribution is 6.04. The van der Waals surface area contributed by atoms with Crippen molar-refractivity contribution in [2.75, 3.05) is 43.3 Å². The molecule has 9 heteroatoms. The second kappa shape index (κ2) is 7.88. The quantitative estimate of drug-likeness (QED) is 0.239. The maximum Gasteiger partial charge on any atom is 0.203 e. The maximum atomic E-state index is 13.4. The van der Waals surface area contributed by atoms with Crippen LogP contribution in [-0.2, 0) is 0 Å². The molecule has 9 nitrogen and oxygen atoms in total. The van der Waals surface area contributed by atoms with Crippen molar-refractivity contribution in [2.45, 2.75) is 12.5 Å². The summed E-state index contributed by atoms with van der Waals surface area (Å²) in [5, 5.41) is 38.4. The number of anilines is 1. The molecule has 2 aromatic carbocycles. The smallest absolute Gasteiger partial charge is 0.203 e. The molecule has 29 heavy (non-hydrogen) atoms. The molecule has 0 fully saturated rings. The molecule has 1 atom stereocenters. The van der Waals surface area contributed by atoms with E-state index in [1.807, 2.05) is 12.1 Å². The molecule has 1 aromatic heterocycles. The van der Waals surface area contributed by atoms with Gasteiger partial charge < -0.3 is 26.6 Å². The van der Waals surface area contributed by atoms with Crippen LogP contribution in [0.15, 0.2) is 35.1 Å². The summed E-state index contributed by atoms with van der Waals surface area (Å²) >= 11 is 0. The van der Waals surface area contributed by atoms with Crippen LogP contribution in [0.3, 0.4) is 0 Å². The number of nitrogens with zero attached hydrogens (tertiary/aromatic N) is 2. The lowest BCUT2D eigenvalue weighted by Gasteiger charge is -2.23. The Hall–Kier alpha value is -2.85. The van der Waals surface area contributed by atoms with Crippen LogP contribution in [0, 0.1) is 0 Å². The van der Waals surface area contributed by atoms with E-state index in [2.05, 4.69) is 10.6 Å². The molecule has 0 amide bonds. The van der Waals surface area contributed by atoms with Crippen LogP contribution in [0.4, 0.5) is 5.69 Å². The second-order valence-corrected chi connectivity index (χ2v) is 7.07. The third-order valence-electron chi connectivity index (χ3n) is 5.29. The summed E-state index contributed by atoms with van der Waals surface area (Å²) in [5.41, 5.74) is 7.74. The number of nitrogens with two attached hydrogens (primary N) is 1. The Bertz CT molecular complexity index is 1110. The summed E-state index contributed by atoms with van der Waals surface area (Å²) in [5.74, 6) is -0.133. The Balaban J connectivity index is 1.98. The summed E-state index contributed by atoms with van der Waals surface area (Å²) < 4.78 is 1.57. The topological polar surface area (TPSA) is 136 Å². The molecule has 0 radical (unpaired) electrons. The van der Waals surface area contributed by atoms with E-state index in [9.17, 15) is 15.1 Å². The summed E-state index contributed by atoms with van der Waals surface area (Å²) in [6.07, 6.45) is 0.746. The highest BCUT2D eigenvalue weighted by atomic mass is 16.5. The van der Waals surface area contributed by atoms with Crippen molar-refractivity contribution >= 4 is 27.5 Å². The number of aliphatic hydroxyl groups excluding tert-OH is 1. The van der Waals surface area contributed by atoms with Crippen LogP contribution in [0.5, 0.6) is 5.75 Å². The van der Waals surface area contributed by atoms with E-state index in [1.165, 1.54) is 6.07 Å². The first-order valence-corrected chi connectivity index (χ1v) is 9.67. The van der Waals surface area contributed by atoms with Gasteiger partial charge in [-0.3, -0.25) is 10.0 Å². The summed E-state index contributed by atoms with van der Waals surface area (Å²) in [6.45, 7) is 1.89. The van der Waals surface area contributed by atoms with Crippen molar-refractivity contribution < 1.29 is 15.4 Å². The van der Waals surface area contributed by atoms with Crippen molar-refractivity contribution in [3.05, 3.63) is 46.1 Å². The van der Waals surface area contributed by atoms with Gasteiger partial charge in [0.15, 0.2) is 0 Å². The van der Waals surface area contributed by atoms with Gasteiger partial charge in [-0.15, -0.1) is 0 Å². The molecule has 0 bridgehead atoms. The monoisotopic (exact) mass is 399 g/mol. The number of aromatic hydroxyl groups is 1. The fourth-order valence-corrected chi connectivity index (χ4v) is 3.98. The van der Waals surface area contributed by atoms with Crippen molar-refractivity contribution in [3.63, 3.8) is 0 Å². The average Bonchev–Trinajstić information content (AvgIpc) is 2.99. The van der Waals surface area contributed by atoms with Gasteiger partial charge in [0.25, 0.3) is 0 Å². The Morgan fingerprint density at radius 2 is 1.97 bits per heavy atom. The first-order valence-electron chi connectivity index (χ1n) is 9.67. The van der Waals surface area contributed by atoms with E-state index in [-0.39, 0.29) is 23.2 Å². The van der Waals surface area contributed by atoms with Gasteiger partial charge in [0.05, 0.1) is 28.4 Å². The van der Waals surface area contributed by atoms with Crippen LogP contribution in [-0.4, -0.2) is 52.9 Å². The molecule has 154 valence electrons. The summed E-state index contributed by atoms with van der Waals surface area (Å²) in [6, 6.07) is 8.06. The molecular weight excluding hydrogens is 374 g/mol. The van der Waals surface area contributed by atoms with E-state index in [4.69, 9.17) is 10.8 Å². The molecule has 4 rings (SSSR count). The number of benzene rings is 2. The van der Waals surface area contributed by atoms with Crippen molar-refractivity contribution in [1.29, 1.82) is 0 Å². The molecule has 7 N–H and O–H groups in total. The van der Waals surface area contributed by atoms with Crippen molar-refractivity contribution in [3.8, 4) is 5.75 Å². The molecule has 1 aliphatic rings. The third-order valence-corrected chi connectivity index (χ3v) is 5.29. The average molecular weight is 399 g/mol. The normalized spacial score (nSPS) is 15.6. The number of nitrogens with one attached hydrogen (secondary N) is 2. The lowest BCUT2D eigenvalue weighted by molar-refractivity contribution is 0.151. The Morgan fingerprint density at radius 1 is 1.14 bits per heavy atom.